The Kier molecular flexibility index (Phi) is 5.15. The lowest BCUT2D eigenvalue weighted by Crippen LogP contribution is -2.20. The van der Waals surface area contributed by atoms with Gasteiger partial charge in [0.1, 0.15) is 5.75 Å². The zero-order valence-electron chi connectivity index (χ0n) is 12.0. The van der Waals surface area contributed by atoms with Crippen LogP contribution in [-0.2, 0) is 6.42 Å². The van der Waals surface area contributed by atoms with Crippen LogP contribution in [0, 0.1) is 6.92 Å². The van der Waals surface area contributed by atoms with E-state index in [2.05, 4.69) is 45.3 Å². The van der Waals surface area contributed by atoms with Gasteiger partial charge in [0.2, 0.25) is 0 Å². The zero-order valence-corrected chi connectivity index (χ0v) is 13.6. The second kappa shape index (κ2) is 6.86. The summed E-state index contributed by atoms with van der Waals surface area (Å²) in [5.74, 6) is 0.904. The van der Waals surface area contributed by atoms with E-state index in [1.165, 1.54) is 5.56 Å². The highest BCUT2D eigenvalue weighted by Crippen LogP contribution is 2.27. The van der Waals surface area contributed by atoms with Gasteiger partial charge in [-0.25, -0.2) is 0 Å². The molecule has 0 saturated carbocycles. The maximum Gasteiger partial charge on any atom is 0.122 e. The van der Waals surface area contributed by atoms with Crippen molar-refractivity contribution in [1.82, 2.24) is 10.3 Å². The van der Waals surface area contributed by atoms with Gasteiger partial charge in [0.15, 0.2) is 0 Å². The lowest BCUT2D eigenvalue weighted by atomic mass is 10.0. The van der Waals surface area contributed by atoms with Gasteiger partial charge in [-0.05, 0) is 61.9 Å². The topological polar surface area (TPSA) is 34.1 Å². The van der Waals surface area contributed by atoms with Crippen LogP contribution in [0.1, 0.15) is 22.9 Å². The Balaban J connectivity index is 2.28. The van der Waals surface area contributed by atoms with Gasteiger partial charge in [0.25, 0.3) is 0 Å². The summed E-state index contributed by atoms with van der Waals surface area (Å²) in [7, 11) is 3.66. The van der Waals surface area contributed by atoms with Crippen LogP contribution in [0.25, 0.3) is 0 Å². The fourth-order valence-corrected chi connectivity index (χ4v) is 2.64. The van der Waals surface area contributed by atoms with Crippen molar-refractivity contribution in [3.05, 3.63) is 57.8 Å². The molecule has 2 aromatic rings. The van der Waals surface area contributed by atoms with E-state index >= 15 is 0 Å². The van der Waals surface area contributed by atoms with Crippen LogP contribution in [0.4, 0.5) is 0 Å². The molecule has 1 heterocycles. The average Bonchev–Trinajstić information content (AvgIpc) is 2.45. The summed E-state index contributed by atoms with van der Waals surface area (Å²) in [5.41, 5.74) is 3.43. The highest BCUT2D eigenvalue weighted by molar-refractivity contribution is 9.10. The third-order valence-electron chi connectivity index (χ3n) is 3.31. The number of aryl methyl sites for hydroxylation is 1. The van der Waals surface area contributed by atoms with E-state index in [4.69, 9.17) is 4.74 Å². The van der Waals surface area contributed by atoms with Crippen molar-refractivity contribution in [2.75, 3.05) is 14.2 Å². The molecule has 1 unspecified atom stereocenters. The van der Waals surface area contributed by atoms with Gasteiger partial charge in [0, 0.05) is 10.7 Å². The SMILES string of the molecule is CNC(Cc1cc(Br)ccc1OC)c1cc(C)ccn1. The number of hydrogen-bond donors (Lipinski definition) is 1. The Hall–Kier alpha value is -1.39. The van der Waals surface area contributed by atoms with Gasteiger partial charge in [-0.15, -0.1) is 0 Å². The molecule has 0 aliphatic carbocycles. The molecular formula is C16H19BrN2O. The van der Waals surface area contributed by atoms with E-state index in [1.54, 1.807) is 7.11 Å². The summed E-state index contributed by atoms with van der Waals surface area (Å²) in [6.07, 6.45) is 2.68. The Labute approximate surface area is 128 Å². The van der Waals surface area contributed by atoms with Crippen molar-refractivity contribution in [2.24, 2.45) is 0 Å². The Morgan fingerprint density at radius 2 is 2.10 bits per heavy atom. The molecule has 0 radical (unpaired) electrons. The van der Waals surface area contributed by atoms with E-state index < -0.39 is 0 Å². The highest BCUT2D eigenvalue weighted by atomic mass is 79.9. The molecule has 0 amide bonds. The minimum atomic E-state index is 0.165. The van der Waals surface area contributed by atoms with Gasteiger partial charge in [-0.2, -0.15) is 0 Å². The fourth-order valence-electron chi connectivity index (χ4n) is 2.23. The molecule has 2 rings (SSSR count). The minimum Gasteiger partial charge on any atom is -0.496 e. The van der Waals surface area contributed by atoms with Gasteiger partial charge in [0.05, 0.1) is 18.8 Å². The maximum absolute atomic E-state index is 5.44. The van der Waals surface area contributed by atoms with E-state index in [0.717, 1.165) is 27.9 Å². The minimum absolute atomic E-state index is 0.165. The smallest absolute Gasteiger partial charge is 0.122 e. The van der Waals surface area contributed by atoms with E-state index in [9.17, 15) is 0 Å². The largest absolute Gasteiger partial charge is 0.496 e. The number of rotatable bonds is 5. The second-order valence-corrected chi connectivity index (χ2v) is 5.68. The van der Waals surface area contributed by atoms with Crippen molar-refractivity contribution in [1.29, 1.82) is 0 Å². The molecule has 0 bridgehead atoms. The predicted octanol–water partition coefficient (Wildman–Crippen LogP) is 3.66. The summed E-state index contributed by atoms with van der Waals surface area (Å²) in [6, 6.07) is 10.4. The number of pyridine rings is 1. The Bertz CT molecular complexity index is 586. The zero-order chi connectivity index (χ0) is 14.5. The number of methoxy groups -OCH3 is 1. The van der Waals surface area contributed by atoms with Crippen molar-refractivity contribution in [3.8, 4) is 5.75 Å². The normalized spacial score (nSPS) is 12.2. The summed E-state index contributed by atoms with van der Waals surface area (Å²) in [6.45, 7) is 2.08. The maximum atomic E-state index is 5.44. The number of ether oxygens (including phenoxy) is 1. The van der Waals surface area contributed by atoms with Crippen molar-refractivity contribution in [3.63, 3.8) is 0 Å². The average molecular weight is 335 g/mol. The highest BCUT2D eigenvalue weighted by Gasteiger charge is 2.14. The monoisotopic (exact) mass is 334 g/mol. The van der Waals surface area contributed by atoms with Crippen LogP contribution in [0.3, 0.4) is 0 Å². The first-order valence-corrected chi connectivity index (χ1v) is 7.35. The van der Waals surface area contributed by atoms with Crippen LogP contribution in [0.15, 0.2) is 41.0 Å². The standard InChI is InChI=1S/C16H19BrN2O/c1-11-6-7-19-15(8-11)14(18-2)10-12-9-13(17)4-5-16(12)20-3/h4-9,14,18H,10H2,1-3H3. The number of hydrogen-bond acceptors (Lipinski definition) is 3. The quantitative estimate of drug-likeness (QED) is 0.905. The molecular weight excluding hydrogens is 316 g/mol. The summed E-state index contributed by atoms with van der Waals surface area (Å²) in [5, 5.41) is 3.33. The fraction of sp³-hybridized carbons (Fsp3) is 0.312. The Morgan fingerprint density at radius 3 is 2.75 bits per heavy atom. The van der Waals surface area contributed by atoms with Gasteiger partial charge >= 0.3 is 0 Å². The van der Waals surface area contributed by atoms with E-state index in [-0.39, 0.29) is 6.04 Å². The molecule has 1 N–H and O–H groups in total. The van der Waals surface area contributed by atoms with Crippen molar-refractivity contribution < 1.29 is 4.74 Å². The molecule has 1 aromatic heterocycles. The lowest BCUT2D eigenvalue weighted by molar-refractivity contribution is 0.406. The third-order valence-corrected chi connectivity index (χ3v) is 3.80. The Morgan fingerprint density at radius 1 is 1.30 bits per heavy atom. The molecule has 0 aliphatic rings. The molecule has 106 valence electrons. The van der Waals surface area contributed by atoms with Crippen LogP contribution in [-0.4, -0.2) is 19.1 Å². The number of likely N-dealkylation sites (N-methyl/N-ethyl adjacent to an activating group) is 1. The van der Waals surface area contributed by atoms with Crippen molar-refractivity contribution in [2.45, 2.75) is 19.4 Å². The second-order valence-electron chi connectivity index (χ2n) is 4.76. The van der Waals surface area contributed by atoms with Crippen LogP contribution >= 0.6 is 15.9 Å². The van der Waals surface area contributed by atoms with Crippen LogP contribution < -0.4 is 10.1 Å². The molecule has 1 atom stereocenters. The molecule has 0 aliphatic heterocycles. The predicted molar refractivity (Wildman–Crippen MR) is 85.2 cm³/mol. The molecule has 4 heteroatoms. The first-order valence-electron chi connectivity index (χ1n) is 6.56. The van der Waals surface area contributed by atoms with Crippen molar-refractivity contribution >= 4 is 15.9 Å². The third kappa shape index (κ3) is 3.58. The van der Waals surface area contributed by atoms with E-state index in [0.29, 0.717) is 0 Å². The number of nitrogens with one attached hydrogen (secondary N) is 1. The molecule has 0 fully saturated rings. The summed E-state index contributed by atoms with van der Waals surface area (Å²) in [4.78, 5) is 4.47. The number of aromatic nitrogens is 1. The molecule has 0 saturated heterocycles. The first kappa shape index (κ1) is 15.0. The summed E-state index contributed by atoms with van der Waals surface area (Å²) >= 11 is 3.51. The molecule has 1 aromatic carbocycles. The van der Waals surface area contributed by atoms with Gasteiger partial charge in [-0.1, -0.05) is 15.9 Å². The summed E-state index contributed by atoms with van der Waals surface area (Å²) < 4.78 is 6.49. The molecule has 0 spiro atoms. The van der Waals surface area contributed by atoms with E-state index in [1.807, 2.05) is 31.4 Å². The first-order chi connectivity index (χ1) is 9.63. The molecule has 20 heavy (non-hydrogen) atoms. The van der Waals surface area contributed by atoms with Gasteiger partial charge < -0.3 is 10.1 Å². The van der Waals surface area contributed by atoms with Crippen LogP contribution in [0.2, 0.25) is 0 Å². The number of nitrogens with zero attached hydrogens (tertiary/aromatic N) is 1. The van der Waals surface area contributed by atoms with Gasteiger partial charge in [-0.3, -0.25) is 4.98 Å². The number of halogens is 1. The lowest BCUT2D eigenvalue weighted by Gasteiger charge is -2.18. The number of benzene rings is 1. The van der Waals surface area contributed by atoms with Crippen LogP contribution in [0.5, 0.6) is 5.75 Å². The molecule has 3 nitrogen and oxygen atoms in total.